The number of carbonyl (C=O) groups is 2. The minimum absolute atomic E-state index is 0.0933. The van der Waals surface area contributed by atoms with E-state index >= 15 is 0 Å². The van der Waals surface area contributed by atoms with Gasteiger partial charge in [0.2, 0.25) is 5.91 Å². The summed E-state index contributed by atoms with van der Waals surface area (Å²) in [5.74, 6) is 0.199. The summed E-state index contributed by atoms with van der Waals surface area (Å²) in [7, 11) is 0. The predicted molar refractivity (Wildman–Crippen MR) is 52.5 cm³/mol. The number of allylic oxidation sites excluding steroid dienone is 1. The second-order valence-corrected chi connectivity index (χ2v) is 3.76. The second-order valence-electron chi connectivity index (χ2n) is 2.18. The molecule has 1 saturated heterocycles. The lowest BCUT2D eigenvalue weighted by molar-refractivity contribution is -0.124. The molecule has 1 fully saturated rings. The van der Waals surface area contributed by atoms with E-state index in [1.54, 1.807) is 6.08 Å². The van der Waals surface area contributed by atoms with Crippen molar-refractivity contribution >= 4 is 38.8 Å². The van der Waals surface area contributed by atoms with Crippen LogP contribution in [-0.4, -0.2) is 33.7 Å². The van der Waals surface area contributed by atoms with Crippen molar-refractivity contribution in [2.75, 3.05) is 17.6 Å². The summed E-state index contributed by atoms with van der Waals surface area (Å²) in [4.78, 5) is 23.3. The molecule has 1 aliphatic rings. The highest BCUT2D eigenvalue weighted by atomic mass is 79.9. The van der Waals surface area contributed by atoms with E-state index in [0.29, 0.717) is 12.3 Å². The quantitative estimate of drug-likeness (QED) is 0.564. The molecule has 12 heavy (non-hydrogen) atoms. The minimum atomic E-state index is -0.140. The predicted octanol–water partition coefficient (Wildman–Crippen LogP) is 1.63. The molecular weight excluding hydrogens is 242 g/mol. The number of amides is 2. The van der Waals surface area contributed by atoms with E-state index in [4.69, 9.17) is 0 Å². The van der Waals surface area contributed by atoms with Crippen LogP contribution < -0.4 is 0 Å². The molecule has 0 unspecified atom stereocenters. The van der Waals surface area contributed by atoms with E-state index in [0.717, 1.165) is 17.1 Å². The van der Waals surface area contributed by atoms with Crippen molar-refractivity contribution in [3.8, 4) is 0 Å². The molecule has 3 nitrogen and oxygen atoms in total. The highest BCUT2D eigenvalue weighted by Crippen LogP contribution is 2.17. The molecule has 0 aliphatic carbocycles. The minimum Gasteiger partial charge on any atom is -0.273 e. The number of thioether (sulfide) groups is 1. The monoisotopic (exact) mass is 249 g/mol. The number of hydrogen-bond donors (Lipinski definition) is 0. The highest BCUT2D eigenvalue weighted by molar-refractivity contribution is 9.09. The molecule has 66 valence electrons. The Balaban J connectivity index is 2.45. The van der Waals surface area contributed by atoms with Crippen LogP contribution in [0.4, 0.5) is 4.79 Å². The molecule has 0 radical (unpaired) electrons. The van der Waals surface area contributed by atoms with Crippen molar-refractivity contribution in [3.63, 3.8) is 0 Å². The summed E-state index contributed by atoms with van der Waals surface area (Å²) in [6.07, 6.45) is 3.67. The third kappa shape index (κ3) is 2.35. The van der Waals surface area contributed by atoms with Crippen molar-refractivity contribution in [1.82, 2.24) is 4.90 Å². The van der Waals surface area contributed by atoms with Gasteiger partial charge in [-0.15, -0.1) is 0 Å². The molecule has 1 aliphatic heterocycles. The lowest BCUT2D eigenvalue weighted by Gasteiger charge is -2.08. The summed E-state index contributed by atoms with van der Waals surface area (Å²) in [6, 6.07) is 0. The average Bonchev–Trinajstić information content (AvgIpc) is 2.35. The number of halogens is 1. The lowest BCUT2D eigenvalue weighted by atomic mass is 10.4. The molecule has 0 aromatic carbocycles. The van der Waals surface area contributed by atoms with Crippen molar-refractivity contribution in [2.45, 2.75) is 0 Å². The fourth-order valence-electron chi connectivity index (χ4n) is 0.800. The number of nitrogens with zero attached hydrogens (tertiary/aromatic N) is 1. The summed E-state index contributed by atoms with van der Waals surface area (Å²) in [5, 5.41) is 0.607. The van der Waals surface area contributed by atoms with E-state index in [1.807, 2.05) is 6.08 Å². The van der Waals surface area contributed by atoms with Gasteiger partial charge in [0.1, 0.15) is 0 Å². The van der Waals surface area contributed by atoms with E-state index < -0.39 is 0 Å². The zero-order valence-electron chi connectivity index (χ0n) is 6.33. The molecule has 1 heterocycles. The largest absolute Gasteiger partial charge is 0.289 e. The summed E-state index contributed by atoms with van der Waals surface area (Å²) in [5.41, 5.74) is 0. The molecule has 2 amide bonds. The molecule has 0 N–H and O–H groups in total. The van der Waals surface area contributed by atoms with Gasteiger partial charge in [-0.2, -0.15) is 0 Å². The third-order valence-corrected chi connectivity index (χ3v) is 2.62. The van der Waals surface area contributed by atoms with Crippen LogP contribution in [0.15, 0.2) is 12.2 Å². The van der Waals surface area contributed by atoms with Gasteiger partial charge in [0.05, 0.1) is 5.75 Å². The van der Waals surface area contributed by atoms with Crippen molar-refractivity contribution in [1.29, 1.82) is 0 Å². The van der Waals surface area contributed by atoms with Gasteiger partial charge >= 0.3 is 0 Å². The first-order valence-corrected chi connectivity index (χ1v) is 5.54. The first kappa shape index (κ1) is 9.80. The van der Waals surface area contributed by atoms with Crippen LogP contribution in [0.5, 0.6) is 0 Å². The Morgan fingerprint density at radius 2 is 2.25 bits per heavy atom. The number of alkyl halides is 1. The van der Waals surface area contributed by atoms with Crippen LogP contribution in [0.1, 0.15) is 0 Å². The van der Waals surface area contributed by atoms with Gasteiger partial charge in [-0.1, -0.05) is 39.8 Å². The summed E-state index contributed by atoms with van der Waals surface area (Å²) < 4.78 is 0. The number of carbonyl (C=O) groups excluding carboxylic acids is 2. The maximum absolute atomic E-state index is 11.0. The van der Waals surface area contributed by atoms with Crippen LogP contribution in [-0.2, 0) is 4.79 Å². The average molecular weight is 250 g/mol. The SMILES string of the molecule is O=C1CSC(=O)N1C/C=C/CBr. The Labute approximate surface area is 83.3 Å². The Morgan fingerprint density at radius 3 is 2.75 bits per heavy atom. The van der Waals surface area contributed by atoms with Gasteiger partial charge in [-0.3, -0.25) is 14.5 Å². The van der Waals surface area contributed by atoms with Crippen LogP contribution in [0, 0.1) is 0 Å². The first-order valence-electron chi connectivity index (χ1n) is 3.44. The summed E-state index contributed by atoms with van der Waals surface area (Å²) in [6.45, 7) is 0.399. The van der Waals surface area contributed by atoms with Crippen molar-refractivity contribution < 1.29 is 9.59 Å². The molecule has 1 rings (SSSR count). The van der Waals surface area contributed by atoms with Crippen LogP contribution >= 0.6 is 27.7 Å². The lowest BCUT2D eigenvalue weighted by Crippen LogP contribution is -2.28. The van der Waals surface area contributed by atoms with Gasteiger partial charge in [0.25, 0.3) is 5.24 Å². The fourth-order valence-corrected chi connectivity index (χ4v) is 1.80. The van der Waals surface area contributed by atoms with Gasteiger partial charge in [-0.05, 0) is 0 Å². The Kier molecular flexibility index (Phi) is 3.81. The molecule has 0 saturated carbocycles. The molecular formula is C7H8BrNO2S. The van der Waals surface area contributed by atoms with E-state index in [2.05, 4.69) is 15.9 Å². The molecule has 0 aromatic rings. The summed E-state index contributed by atoms with van der Waals surface area (Å²) >= 11 is 4.27. The smallest absolute Gasteiger partial charge is 0.273 e. The highest BCUT2D eigenvalue weighted by Gasteiger charge is 2.28. The van der Waals surface area contributed by atoms with Gasteiger partial charge in [0.15, 0.2) is 0 Å². The zero-order valence-corrected chi connectivity index (χ0v) is 8.73. The number of rotatable bonds is 3. The first-order chi connectivity index (χ1) is 5.75. The van der Waals surface area contributed by atoms with Crippen molar-refractivity contribution in [2.24, 2.45) is 0 Å². The molecule has 0 spiro atoms. The van der Waals surface area contributed by atoms with Crippen LogP contribution in [0.2, 0.25) is 0 Å². The van der Waals surface area contributed by atoms with E-state index in [9.17, 15) is 9.59 Å². The number of hydrogen-bond acceptors (Lipinski definition) is 3. The zero-order chi connectivity index (χ0) is 8.97. The molecule has 0 atom stereocenters. The Bertz CT molecular complexity index is 213. The molecule has 0 bridgehead atoms. The molecule has 0 aromatic heterocycles. The normalized spacial score (nSPS) is 18.2. The Morgan fingerprint density at radius 1 is 1.50 bits per heavy atom. The Hall–Kier alpha value is -0.290. The molecule has 5 heteroatoms. The fraction of sp³-hybridized carbons (Fsp3) is 0.429. The topological polar surface area (TPSA) is 37.4 Å². The standard InChI is InChI=1S/C7H8BrNO2S/c8-3-1-2-4-9-6(10)5-12-7(9)11/h1-2H,3-5H2/b2-1+. The van der Waals surface area contributed by atoms with Gasteiger partial charge in [0, 0.05) is 11.9 Å². The van der Waals surface area contributed by atoms with Gasteiger partial charge in [-0.25, -0.2) is 0 Å². The van der Waals surface area contributed by atoms with Gasteiger partial charge < -0.3 is 0 Å². The van der Waals surface area contributed by atoms with Crippen molar-refractivity contribution in [3.05, 3.63) is 12.2 Å². The van der Waals surface area contributed by atoms with E-state index in [1.165, 1.54) is 4.90 Å². The third-order valence-electron chi connectivity index (χ3n) is 1.38. The van der Waals surface area contributed by atoms with E-state index in [-0.39, 0.29) is 11.1 Å². The van der Waals surface area contributed by atoms with Crippen LogP contribution in [0.25, 0.3) is 0 Å². The maximum atomic E-state index is 11.0. The van der Waals surface area contributed by atoms with Crippen LogP contribution in [0.3, 0.4) is 0 Å². The number of imide groups is 1. The maximum Gasteiger partial charge on any atom is 0.289 e. The second kappa shape index (κ2) is 4.67.